The Labute approximate surface area is 203 Å². The van der Waals surface area contributed by atoms with Crippen LogP contribution in [0.15, 0.2) is 53.7 Å². The van der Waals surface area contributed by atoms with Gasteiger partial charge in [0, 0.05) is 45.6 Å². The number of aliphatic imine (C=N–C) groups is 1. The summed E-state index contributed by atoms with van der Waals surface area (Å²) in [6, 6.07) is 14.8. The van der Waals surface area contributed by atoms with Crippen molar-refractivity contribution in [2.45, 2.75) is 32.7 Å². The van der Waals surface area contributed by atoms with Crippen LogP contribution in [-0.4, -0.2) is 59.5 Å². The van der Waals surface area contributed by atoms with Gasteiger partial charge in [-0.15, -0.1) is 24.0 Å². The van der Waals surface area contributed by atoms with Gasteiger partial charge in [-0.05, 0) is 49.8 Å². The van der Waals surface area contributed by atoms with Gasteiger partial charge in [-0.1, -0.05) is 30.3 Å². The zero-order valence-electron chi connectivity index (χ0n) is 19.0. The molecule has 2 heterocycles. The number of hydrogen-bond acceptors (Lipinski definition) is 2. The maximum absolute atomic E-state index is 12.7. The Hall–Kier alpha value is -2.03. The van der Waals surface area contributed by atoms with Gasteiger partial charge in [-0.3, -0.25) is 4.79 Å². The maximum Gasteiger partial charge on any atom is 0.244 e. The first-order valence-corrected chi connectivity index (χ1v) is 11.0. The Morgan fingerprint density at radius 1 is 1.16 bits per heavy atom. The van der Waals surface area contributed by atoms with Crippen LogP contribution in [-0.2, 0) is 24.8 Å². The van der Waals surface area contributed by atoms with Crippen molar-refractivity contribution in [2.75, 3.05) is 33.2 Å². The topological polar surface area (TPSA) is 52.9 Å². The molecule has 31 heavy (non-hydrogen) atoms. The SMILES string of the molecule is CCNC(=NCC(=O)N1CCC(Cc2ccccc2)CC1)N(C)Cc1cccn1C.I. The highest BCUT2D eigenvalue weighted by molar-refractivity contribution is 14.0. The summed E-state index contributed by atoms with van der Waals surface area (Å²) in [5, 5.41) is 3.30. The van der Waals surface area contributed by atoms with Crippen LogP contribution in [0.1, 0.15) is 31.0 Å². The van der Waals surface area contributed by atoms with E-state index in [9.17, 15) is 4.79 Å². The van der Waals surface area contributed by atoms with E-state index in [-0.39, 0.29) is 36.4 Å². The molecule has 1 N–H and O–H groups in total. The van der Waals surface area contributed by atoms with E-state index < -0.39 is 0 Å². The van der Waals surface area contributed by atoms with Crippen LogP contribution in [0.2, 0.25) is 0 Å². The van der Waals surface area contributed by atoms with Crippen molar-refractivity contribution >= 4 is 35.8 Å². The third-order valence-electron chi connectivity index (χ3n) is 5.85. The third kappa shape index (κ3) is 7.55. The predicted molar refractivity (Wildman–Crippen MR) is 138 cm³/mol. The summed E-state index contributed by atoms with van der Waals surface area (Å²) in [5.41, 5.74) is 2.60. The Morgan fingerprint density at radius 3 is 2.48 bits per heavy atom. The van der Waals surface area contributed by atoms with E-state index in [2.05, 4.69) is 56.2 Å². The van der Waals surface area contributed by atoms with E-state index in [0.29, 0.717) is 5.92 Å². The molecule has 1 aliphatic heterocycles. The summed E-state index contributed by atoms with van der Waals surface area (Å²) in [4.78, 5) is 21.4. The van der Waals surface area contributed by atoms with Crippen LogP contribution in [0.4, 0.5) is 0 Å². The summed E-state index contributed by atoms with van der Waals surface area (Å²) < 4.78 is 2.10. The molecule has 0 saturated carbocycles. The standard InChI is InChI=1S/C24H35N5O.HI/c1-4-25-24(28(3)19-22-11-8-14-27(22)2)26-18-23(30)29-15-12-21(13-16-29)17-20-9-6-5-7-10-20;/h5-11,14,21H,4,12-13,15-19H2,1-3H3,(H,25,26);1H. The van der Waals surface area contributed by atoms with Gasteiger partial charge >= 0.3 is 0 Å². The summed E-state index contributed by atoms with van der Waals surface area (Å²) in [6.45, 7) is 5.43. The molecule has 7 heteroatoms. The Morgan fingerprint density at radius 2 is 1.87 bits per heavy atom. The molecular formula is C24H36IN5O. The number of amides is 1. The van der Waals surface area contributed by atoms with E-state index in [4.69, 9.17) is 0 Å². The largest absolute Gasteiger partial charge is 0.357 e. The quantitative estimate of drug-likeness (QED) is 0.334. The van der Waals surface area contributed by atoms with Crippen LogP contribution < -0.4 is 5.32 Å². The second-order valence-corrected chi connectivity index (χ2v) is 8.15. The van der Waals surface area contributed by atoms with E-state index in [1.807, 2.05) is 38.2 Å². The highest BCUT2D eigenvalue weighted by Gasteiger charge is 2.23. The summed E-state index contributed by atoms with van der Waals surface area (Å²) in [7, 11) is 4.05. The number of halogens is 1. The number of nitrogens with zero attached hydrogens (tertiary/aromatic N) is 4. The molecule has 1 aromatic carbocycles. The van der Waals surface area contributed by atoms with Crippen molar-refractivity contribution in [1.82, 2.24) is 19.7 Å². The number of likely N-dealkylation sites (tertiary alicyclic amines) is 1. The number of rotatable bonds is 7. The number of piperidine rings is 1. The number of guanidine groups is 1. The van der Waals surface area contributed by atoms with Crippen LogP contribution >= 0.6 is 24.0 Å². The molecule has 1 aromatic heterocycles. The first-order valence-electron chi connectivity index (χ1n) is 11.0. The van der Waals surface area contributed by atoms with Gasteiger partial charge in [0.1, 0.15) is 6.54 Å². The van der Waals surface area contributed by atoms with E-state index >= 15 is 0 Å². The fourth-order valence-corrected chi connectivity index (χ4v) is 4.02. The summed E-state index contributed by atoms with van der Waals surface area (Å²) in [6.07, 6.45) is 5.28. The first kappa shape index (κ1) is 25.2. The molecule has 1 aliphatic rings. The van der Waals surface area contributed by atoms with Crippen LogP contribution in [0, 0.1) is 5.92 Å². The number of aromatic nitrogens is 1. The van der Waals surface area contributed by atoms with Crippen LogP contribution in [0.3, 0.4) is 0 Å². The minimum Gasteiger partial charge on any atom is -0.357 e. The van der Waals surface area contributed by atoms with Gasteiger partial charge in [0.05, 0.1) is 6.54 Å². The molecule has 0 bridgehead atoms. The maximum atomic E-state index is 12.7. The number of carbonyl (C=O) groups excluding carboxylic acids is 1. The Bertz CT molecular complexity index is 828. The number of hydrogen-bond donors (Lipinski definition) is 1. The van der Waals surface area contributed by atoms with Crippen molar-refractivity contribution in [3.05, 3.63) is 59.9 Å². The van der Waals surface area contributed by atoms with E-state index in [0.717, 1.165) is 51.4 Å². The van der Waals surface area contributed by atoms with Crippen molar-refractivity contribution in [1.29, 1.82) is 0 Å². The molecule has 0 spiro atoms. The molecule has 1 fully saturated rings. The molecule has 3 rings (SSSR count). The van der Waals surface area contributed by atoms with Gasteiger partial charge in [-0.2, -0.15) is 0 Å². The third-order valence-corrected chi connectivity index (χ3v) is 5.85. The van der Waals surface area contributed by atoms with Gasteiger partial charge in [0.2, 0.25) is 5.91 Å². The number of benzene rings is 1. The lowest BCUT2D eigenvalue weighted by atomic mass is 9.90. The highest BCUT2D eigenvalue weighted by Crippen LogP contribution is 2.21. The zero-order valence-corrected chi connectivity index (χ0v) is 21.3. The number of carbonyl (C=O) groups is 1. The highest BCUT2D eigenvalue weighted by atomic mass is 127. The molecule has 0 aliphatic carbocycles. The van der Waals surface area contributed by atoms with Crippen LogP contribution in [0.5, 0.6) is 0 Å². The Balaban J connectivity index is 0.00000341. The van der Waals surface area contributed by atoms with Crippen molar-refractivity contribution in [2.24, 2.45) is 18.0 Å². The average Bonchev–Trinajstić information content (AvgIpc) is 3.16. The smallest absolute Gasteiger partial charge is 0.244 e. The molecule has 1 amide bonds. The van der Waals surface area contributed by atoms with E-state index in [1.54, 1.807) is 0 Å². The van der Waals surface area contributed by atoms with Crippen molar-refractivity contribution in [3.8, 4) is 0 Å². The normalized spacial score (nSPS) is 14.8. The molecule has 170 valence electrons. The van der Waals surface area contributed by atoms with Crippen molar-refractivity contribution < 1.29 is 4.79 Å². The first-order chi connectivity index (χ1) is 14.6. The summed E-state index contributed by atoms with van der Waals surface area (Å²) in [5.74, 6) is 1.55. The average molecular weight is 537 g/mol. The fourth-order valence-electron chi connectivity index (χ4n) is 4.02. The molecule has 0 unspecified atom stereocenters. The Kier molecular flexibility index (Phi) is 10.4. The fraction of sp³-hybridized carbons (Fsp3) is 0.500. The second kappa shape index (κ2) is 12.7. The molecular weight excluding hydrogens is 501 g/mol. The van der Waals surface area contributed by atoms with Gasteiger partial charge in [0.15, 0.2) is 5.96 Å². The van der Waals surface area contributed by atoms with Gasteiger partial charge in [0.25, 0.3) is 0 Å². The van der Waals surface area contributed by atoms with Crippen LogP contribution in [0.25, 0.3) is 0 Å². The van der Waals surface area contributed by atoms with Gasteiger partial charge in [-0.25, -0.2) is 4.99 Å². The minimum absolute atomic E-state index is 0. The zero-order chi connectivity index (χ0) is 21.3. The second-order valence-electron chi connectivity index (χ2n) is 8.15. The number of aryl methyl sites for hydroxylation is 1. The van der Waals surface area contributed by atoms with E-state index in [1.165, 1.54) is 11.3 Å². The molecule has 6 nitrogen and oxygen atoms in total. The molecule has 0 radical (unpaired) electrons. The lowest BCUT2D eigenvalue weighted by Crippen LogP contribution is -2.42. The predicted octanol–water partition coefficient (Wildman–Crippen LogP) is 3.52. The lowest BCUT2D eigenvalue weighted by Gasteiger charge is -2.32. The molecule has 1 saturated heterocycles. The van der Waals surface area contributed by atoms with Gasteiger partial charge < -0.3 is 19.7 Å². The lowest BCUT2D eigenvalue weighted by molar-refractivity contribution is -0.131. The molecule has 2 aromatic rings. The minimum atomic E-state index is 0. The van der Waals surface area contributed by atoms with Crippen molar-refractivity contribution in [3.63, 3.8) is 0 Å². The summed E-state index contributed by atoms with van der Waals surface area (Å²) >= 11 is 0. The monoisotopic (exact) mass is 537 g/mol. The molecule has 0 atom stereocenters. The number of nitrogens with one attached hydrogen (secondary N) is 1.